The zero-order chi connectivity index (χ0) is 15.2. The summed E-state index contributed by atoms with van der Waals surface area (Å²) >= 11 is 0. The molecule has 0 unspecified atom stereocenters. The van der Waals surface area contributed by atoms with Crippen molar-refractivity contribution in [3.05, 3.63) is 30.3 Å². The fraction of sp³-hybridized carbons (Fsp3) is 0.333. The maximum Gasteiger partial charge on any atom is 1.00 e. The predicted molar refractivity (Wildman–Crippen MR) is 73.9 cm³/mol. The SMILES string of the molecule is O=C(Nc1ccccc1)N1CC[C@@H]2[C@H]1C(=O)N2S(=O)(=O)O.[H-].[Na+]. The first kappa shape index (κ1) is 17.2. The summed E-state index contributed by atoms with van der Waals surface area (Å²) in [6.07, 6.45) is 0.318. The predicted octanol–water partition coefficient (Wildman–Crippen LogP) is -2.58. The van der Waals surface area contributed by atoms with Gasteiger partial charge in [-0.15, -0.1) is 0 Å². The molecule has 2 aliphatic rings. The molecule has 0 aromatic heterocycles. The van der Waals surface area contributed by atoms with Crippen LogP contribution in [-0.2, 0) is 15.1 Å². The molecule has 10 heteroatoms. The Hall–Kier alpha value is -1.13. The number of β-lactam (4-membered cyclic amide) rings is 1. The first-order valence-electron chi connectivity index (χ1n) is 6.33. The molecule has 1 aromatic carbocycles. The van der Waals surface area contributed by atoms with Crippen LogP contribution in [0.25, 0.3) is 0 Å². The molecule has 8 nitrogen and oxygen atoms in total. The average Bonchev–Trinajstić information content (AvgIpc) is 2.77. The summed E-state index contributed by atoms with van der Waals surface area (Å²) in [4.78, 5) is 25.3. The van der Waals surface area contributed by atoms with Gasteiger partial charge >= 0.3 is 45.9 Å². The van der Waals surface area contributed by atoms with E-state index in [1.54, 1.807) is 30.3 Å². The van der Waals surface area contributed by atoms with Gasteiger partial charge in [-0.25, -0.2) is 9.10 Å². The molecule has 1 aromatic rings. The molecule has 2 saturated heterocycles. The molecule has 2 aliphatic heterocycles. The third-order valence-electron chi connectivity index (χ3n) is 3.67. The van der Waals surface area contributed by atoms with Gasteiger partial charge in [0.1, 0.15) is 6.04 Å². The van der Waals surface area contributed by atoms with Gasteiger partial charge in [0.05, 0.1) is 6.04 Å². The van der Waals surface area contributed by atoms with E-state index >= 15 is 0 Å². The minimum atomic E-state index is -4.55. The van der Waals surface area contributed by atoms with Crippen LogP contribution < -0.4 is 34.9 Å². The number of benzene rings is 1. The van der Waals surface area contributed by atoms with E-state index in [4.69, 9.17) is 4.55 Å². The second kappa shape index (κ2) is 6.17. The second-order valence-electron chi connectivity index (χ2n) is 4.90. The first-order chi connectivity index (χ1) is 9.89. The molecule has 22 heavy (non-hydrogen) atoms. The van der Waals surface area contributed by atoms with E-state index in [0.717, 1.165) is 0 Å². The van der Waals surface area contributed by atoms with Crippen LogP contribution >= 0.6 is 0 Å². The van der Waals surface area contributed by atoms with E-state index in [1.165, 1.54) is 4.90 Å². The molecule has 0 saturated carbocycles. The standard InChI is InChI=1S/C12H13N3O5S.Na.H/c16-11-10-9(15(11)21(18,19)20)6-7-14(10)12(17)13-8-4-2-1-3-5-8;;/h1-5,9-10H,6-7H2,(H,13,17)(H,18,19,20);;/q;+1;-1/t9-,10+;;/m1../s1. The van der Waals surface area contributed by atoms with Gasteiger partial charge in [-0.2, -0.15) is 8.42 Å². The Bertz CT molecular complexity index is 702. The number of nitrogens with one attached hydrogen (secondary N) is 1. The largest absolute Gasteiger partial charge is 1.00 e. The summed E-state index contributed by atoms with van der Waals surface area (Å²) in [6.45, 7) is 0.256. The van der Waals surface area contributed by atoms with E-state index in [9.17, 15) is 18.0 Å². The van der Waals surface area contributed by atoms with Crippen LogP contribution in [-0.4, -0.2) is 52.7 Å². The maximum absolute atomic E-state index is 12.1. The molecule has 0 radical (unpaired) electrons. The number of para-hydroxylation sites is 1. The second-order valence-corrected chi connectivity index (χ2v) is 6.19. The number of hydrogen-bond acceptors (Lipinski definition) is 4. The summed E-state index contributed by atoms with van der Waals surface area (Å²) in [5.74, 6) is -0.775. The van der Waals surface area contributed by atoms with E-state index in [1.807, 2.05) is 0 Å². The normalized spacial score (nSPS) is 23.4. The number of rotatable bonds is 2. The van der Waals surface area contributed by atoms with E-state index in [2.05, 4.69) is 5.32 Å². The number of nitrogens with zero attached hydrogens (tertiary/aromatic N) is 2. The number of hydrogen-bond donors (Lipinski definition) is 2. The van der Waals surface area contributed by atoms with Gasteiger partial charge in [0.15, 0.2) is 0 Å². The third-order valence-corrected chi connectivity index (χ3v) is 4.62. The summed E-state index contributed by atoms with van der Waals surface area (Å²) < 4.78 is 31.6. The van der Waals surface area contributed by atoms with Gasteiger partial charge < -0.3 is 11.6 Å². The summed E-state index contributed by atoms with van der Waals surface area (Å²) in [7, 11) is -4.55. The molecule has 3 rings (SSSR count). The van der Waals surface area contributed by atoms with Crippen LogP contribution in [0.2, 0.25) is 0 Å². The molecule has 114 valence electrons. The van der Waals surface area contributed by atoms with Crippen LogP contribution in [0, 0.1) is 0 Å². The Labute approximate surface area is 151 Å². The van der Waals surface area contributed by atoms with Gasteiger partial charge in [0.25, 0.3) is 5.91 Å². The monoisotopic (exact) mass is 335 g/mol. The minimum Gasteiger partial charge on any atom is -1.00 e. The van der Waals surface area contributed by atoms with Crippen molar-refractivity contribution in [2.75, 3.05) is 11.9 Å². The quantitative estimate of drug-likeness (QED) is 0.351. The molecular weight excluding hydrogens is 321 g/mol. The van der Waals surface area contributed by atoms with E-state index in [0.29, 0.717) is 16.4 Å². The number of likely N-dealkylation sites (tertiary alicyclic amines) is 1. The summed E-state index contributed by atoms with van der Waals surface area (Å²) in [6, 6.07) is 6.79. The molecule has 0 bridgehead atoms. The van der Waals surface area contributed by atoms with Crippen LogP contribution in [0.4, 0.5) is 10.5 Å². The fourth-order valence-electron chi connectivity index (χ4n) is 2.76. The smallest absolute Gasteiger partial charge is 1.00 e. The Morgan fingerprint density at radius 2 is 1.95 bits per heavy atom. The number of amides is 3. The number of urea groups is 1. The zero-order valence-electron chi connectivity index (χ0n) is 12.8. The van der Waals surface area contributed by atoms with Crippen molar-refractivity contribution in [2.24, 2.45) is 0 Å². The average molecular weight is 335 g/mol. The van der Waals surface area contributed by atoms with Gasteiger partial charge in [-0.1, -0.05) is 18.2 Å². The van der Waals surface area contributed by atoms with Gasteiger partial charge in [-0.3, -0.25) is 9.35 Å². The zero-order valence-corrected chi connectivity index (χ0v) is 14.7. The Balaban J connectivity index is 0.00000132. The van der Waals surface area contributed by atoms with Crippen LogP contribution in [0.1, 0.15) is 7.85 Å². The Morgan fingerprint density at radius 3 is 2.55 bits per heavy atom. The van der Waals surface area contributed by atoms with Crippen LogP contribution in [0.5, 0.6) is 0 Å². The molecule has 3 amide bonds. The van der Waals surface area contributed by atoms with Crippen LogP contribution in [0.3, 0.4) is 0 Å². The Morgan fingerprint density at radius 1 is 1.32 bits per heavy atom. The first-order valence-corrected chi connectivity index (χ1v) is 7.72. The number of carbonyl (C=O) groups is 2. The molecule has 2 heterocycles. The molecule has 2 atom stereocenters. The molecule has 2 fully saturated rings. The molecule has 0 aliphatic carbocycles. The van der Waals surface area contributed by atoms with E-state index < -0.39 is 34.3 Å². The van der Waals surface area contributed by atoms with Crippen molar-refractivity contribution >= 4 is 27.9 Å². The van der Waals surface area contributed by atoms with Gasteiger partial charge in [0, 0.05) is 12.2 Å². The fourth-order valence-corrected chi connectivity index (χ4v) is 3.66. The number of anilines is 1. The molecular formula is C12H14N3NaO5S. The minimum absolute atomic E-state index is 0. The summed E-state index contributed by atoms with van der Waals surface area (Å²) in [5, 5.41) is 2.65. The van der Waals surface area contributed by atoms with Crippen molar-refractivity contribution in [2.45, 2.75) is 18.5 Å². The van der Waals surface area contributed by atoms with E-state index in [-0.39, 0.29) is 37.5 Å². The third kappa shape index (κ3) is 2.86. The molecule has 2 N–H and O–H groups in total. The topological polar surface area (TPSA) is 107 Å². The maximum atomic E-state index is 12.1. The van der Waals surface area contributed by atoms with Gasteiger partial charge in [0.2, 0.25) is 0 Å². The van der Waals surface area contributed by atoms with Gasteiger partial charge in [-0.05, 0) is 18.6 Å². The van der Waals surface area contributed by atoms with Crippen molar-refractivity contribution < 1.29 is 53.5 Å². The Kier molecular flexibility index (Phi) is 4.83. The molecule has 0 spiro atoms. The summed E-state index contributed by atoms with van der Waals surface area (Å²) in [5.41, 5.74) is 0.587. The number of fused-ring (bicyclic) bond motifs is 1. The van der Waals surface area contributed by atoms with Crippen molar-refractivity contribution in [3.8, 4) is 0 Å². The van der Waals surface area contributed by atoms with Crippen molar-refractivity contribution in [1.29, 1.82) is 0 Å². The van der Waals surface area contributed by atoms with Crippen molar-refractivity contribution in [3.63, 3.8) is 0 Å². The van der Waals surface area contributed by atoms with Crippen molar-refractivity contribution in [1.82, 2.24) is 9.21 Å². The van der Waals surface area contributed by atoms with Crippen LogP contribution in [0.15, 0.2) is 30.3 Å². The number of carbonyl (C=O) groups excluding carboxylic acids is 2.